The summed E-state index contributed by atoms with van der Waals surface area (Å²) in [6.45, 7) is 9.80. The predicted molar refractivity (Wildman–Crippen MR) is 311 cm³/mol. The van der Waals surface area contributed by atoms with E-state index in [1.165, 1.54) is 0 Å². The Balaban J connectivity index is 0.979. The van der Waals surface area contributed by atoms with E-state index in [2.05, 4.69) is 153 Å². The molecule has 0 spiro atoms. The third kappa shape index (κ3) is 11.7. The van der Waals surface area contributed by atoms with Crippen molar-refractivity contribution < 1.29 is 28.5 Å². The van der Waals surface area contributed by atoms with Crippen molar-refractivity contribution in [2.75, 3.05) is 126 Å². The second-order valence-electron chi connectivity index (χ2n) is 19.4. The fourth-order valence-corrected chi connectivity index (χ4v) is 12.8. The molecule has 76 heavy (non-hydrogen) atoms. The maximum atomic E-state index is 15.4. The van der Waals surface area contributed by atoms with Gasteiger partial charge < -0.3 is 40.2 Å². The molecule has 4 unspecified atom stereocenters. The van der Waals surface area contributed by atoms with E-state index < -0.39 is 0 Å². The van der Waals surface area contributed by atoms with Crippen LogP contribution in [0.15, 0.2) is 139 Å². The molecular weight excluding hydrogens is 1220 g/mol. The van der Waals surface area contributed by atoms with Crippen LogP contribution in [0.25, 0.3) is 0 Å². The molecule has 0 bridgehead atoms. The molecule has 11 rings (SSSR count). The van der Waals surface area contributed by atoms with Gasteiger partial charge in [-0.1, -0.05) is 137 Å². The van der Waals surface area contributed by atoms with E-state index in [1.807, 2.05) is 60.7 Å². The highest BCUT2D eigenvalue weighted by atomic mass is 79.9. The van der Waals surface area contributed by atoms with Crippen molar-refractivity contribution >= 4 is 98.0 Å². The topological polar surface area (TPSA) is 132 Å². The van der Waals surface area contributed by atoms with Crippen molar-refractivity contribution in [3.05, 3.63) is 184 Å². The molecular formula is C58H60Br4N8O6. The largest absolute Gasteiger partial charge is 0.381 e. The van der Waals surface area contributed by atoms with Gasteiger partial charge in [0.25, 0.3) is 0 Å². The third-order valence-corrected chi connectivity index (χ3v) is 16.6. The average molecular weight is 1280 g/mol. The monoisotopic (exact) mass is 1280 g/mol. The van der Waals surface area contributed by atoms with E-state index >= 15 is 9.59 Å². The number of nitrogens with one attached hydrogen (secondary N) is 4. The first-order chi connectivity index (χ1) is 37.2. The van der Waals surface area contributed by atoms with Crippen LogP contribution < -0.4 is 21.3 Å². The van der Waals surface area contributed by atoms with Gasteiger partial charge in [0.15, 0.2) is 11.6 Å². The van der Waals surface area contributed by atoms with Crippen LogP contribution in [0.2, 0.25) is 0 Å². The molecule has 0 aromatic heterocycles. The number of ketones is 2. The lowest BCUT2D eigenvalue weighted by Gasteiger charge is -2.32. The highest BCUT2D eigenvalue weighted by Crippen LogP contribution is 2.48. The van der Waals surface area contributed by atoms with Gasteiger partial charge >= 0.3 is 0 Å². The number of nitrogens with zero attached hydrogens (tertiary/aromatic N) is 4. The standard InChI is InChI=1S/C58H60Br4N8O6/c59-41-11-3-7-37(33-41)55-67(25-29-73-55)21-17-63-49-47-48(54(72)46-16-2-1-15-45(46)53(47)71)50(64-18-22-68-26-30-74-56(68)38-8-4-12-42(60)34-38)52(66-20-24-70-28-32-76-58(70)40-10-6-14-44(62)36-40)51(49)65-19-23-69-27-31-75-57(69)39-9-5-13-43(61)35-39/h1-16,33-36,55-58,63-66H,17-32H2. The number of hydrogen-bond donors (Lipinski definition) is 4. The van der Waals surface area contributed by atoms with E-state index in [0.717, 1.165) is 66.3 Å². The molecule has 18 heteroatoms. The van der Waals surface area contributed by atoms with Gasteiger partial charge in [0, 0.05) is 108 Å². The highest BCUT2D eigenvalue weighted by Gasteiger charge is 2.39. The van der Waals surface area contributed by atoms with Crippen LogP contribution in [0.1, 0.15) is 79.0 Å². The van der Waals surface area contributed by atoms with Crippen molar-refractivity contribution in [3.63, 3.8) is 0 Å². The van der Waals surface area contributed by atoms with Crippen molar-refractivity contribution in [1.82, 2.24) is 19.6 Å². The molecule has 396 valence electrons. The number of ether oxygens (including phenoxy) is 4. The Morgan fingerprint density at radius 2 is 0.658 bits per heavy atom. The average Bonchev–Trinajstić information content (AvgIpc) is 4.40. The molecule has 0 radical (unpaired) electrons. The number of carbonyl (C=O) groups excluding carboxylic acids is 2. The van der Waals surface area contributed by atoms with Gasteiger partial charge in [-0.3, -0.25) is 29.2 Å². The van der Waals surface area contributed by atoms with Crippen LogP contribution in [0, 0.1) is 0 Å². The Labute approximate surface area is 477 Å². The normalized spacial score (nSPS) is 21.1. The summed E-state index contributed by atoms with van der Waals surface area (Å²) in [4.78, 5) is 40.1. The lowest BCUT2D eigenvalue weighted by Crippen LogP contribution is -2.33. The zero-order valence-corrected chi connectivity index (χ0v) is 48.3. The summed E-state index contributed by atoms with van der Waals surface area (Å²) in [7, 11) is 0. The number of benzene rings is 6. The zero-order valence-electron chi connectivity index (χ0n) is 41.9. The molecule has 6 aromatic carbocycles. The lowest BCUT2D eigenvalue weighted by molar-refractivity contribution is 0.0345. The van der Waals surface area contributed by atoms with E-state index in [4.69, 9.17) is 18.9 Å². The minimum Gasteiger partial charge on any atom is -0.381 e. The van der Waals surface area contributed by atoms with Crippen molar-refractivity contribution in [1.29, 1.82) is 0 Å². The number of hydrogen-bond acceptors (Lipinski definition) is 14. The Kier molecular flexibility index (Phi) is 17.3. The second-order valence-corrected chi connectivity index (χ2v) is 23.1. The Bertz CT molecular complexity index is 2880. The second kappa shape index (κ2) is 24.6. The number of halogens is 4. The molecule has 14 nitrogen and oxygen atoms in total. The summed E-state index contributed by atoms with van der Waals surface area (Å²) in [5.74, 6) is -0.420. The fraction of sp³-hybridized carbons (Fsp3) is 0.345. The van der Waals surface area contributed by atoms with Crippen LogP contribution >= 0.6 is 63.7 Å². The summed E-state index contributed by atoms with van der Waals surface area (Å²) in [6, 6.07) is 40.2. The fourth-order valence-electron chi connectivity index (χ4n) is 11.2. The van der Waals surface area contributed by atoms with Crippen LogP contribution in [0.4, 0.5) is 22.7 Å². The molecule has 6 aromatic rings. The van der Waals surface area contributed by atoms with E-state index in [-0.39, 0.29) is 36.5 Å². The maximum absolute atomic E-state index is 15.4. The van der Waals surface area contributed by atoms with Crippen LogP contribution in [0.5, 0.6) is 0 Å². The molecule has 5 aliphatic rings. The Morgan fingerprint density at radius 1 is 0.382 bits per heavy atom. The first-order valence-electron chi connectivity index (χ1n) is 26.0. The summed E-state index contributed by atoms with van der Waals surface area (Å²) in [5, 5.41) is 15.4. The van der Waals surface area contributed by atoms with Crippen LogP contribution in [0.3, 0.4) is 0 Å². The molecule has 1 aliphatic carbocycles. The smallest absolute Gasteiger partial charge is 0.196 e. The van der Waals surface area contributed by atoms with Gasteiger partial charge in [-0.25, -0.2) is 0 Å². The van der Waals surface area contributed by atoms with E-state index in [0.29, 0.717) is 124 Å². The minimum absolute atomic E-state index is 0.210. The first-order valence-corrected chi connectivity index (χ1v) is 29.2. The first kappa shape index (κ1) is 53.5. The van der Waals surface area contributed by atoms with Gasteiger partial charge in [0.1, 0.15) is 24.9 Å². The van der Waals surface area contributed by atoms with Gasteiger partial charge in [0.2, 0.25) is 0 Å². The van der Waals surface area contributed by atoms with E-state index in [9.17, 15) is 0 Å². The molecule has 0 amide bonds. The lowest BCUT2D eigenvalue weighted by atomic mass is 9.81. The highest BCUT2D eigenvalue weighted by molar-refractivity contribution is 9.11. The van der Waals surface area contributed by atoms with Gasteiger partial charge in [-0.2, -0.15) is 0 Å². The molecule has 4 saturated heterocycles. The van der Waals surface area contributed by atoms with Gasteiger partial charge in [-0.15, -0.1) is 0 Å². The molecule has 0 saturated carbocycles. The molecule has 4 heterocycles. The van der Waals surface area contributed by atoms with Gasteiger partial charge in [-0.05, 0) is 70.8 Å². The Morgan fingerprint density at radius 3 is 0.934 bits per heavy atom. The number of anilines is 4. The number of fused-ring (bicyclic) bond motifs is 2. The van der Waals surface area contributed by atoms with Gasteiger partial charge in [0.05, 0.1) is 60.3 Å². The Hall–Kier alpha value is -4.54. The summed E-state index contributed by atoms with van der Waals surface area (Å²) < 4.78 is 29.3. The SMILES string of the molecule is O=C1c2ccccc2C(=O)c2c(NCCN3CCOC3c3cccc(Br)c3)c(NCCN3CCOC3c3cccc(Br)c3)c(NCCN3CCOC3c3cccc(Br)c3)c(NCCN3CCOC3c3cccc(Br)c3)c21. The van der Waals surface area contributed by atoms with Crippen molar-refractivity contribution in [2.24, 2.45) is 0 Å². The number of carbonyl (C=O) groups is 2. The molecule has 4 fully saturated rings. The molecule has 4 aliphatic heterocycles. The van der Waals surface area contributed by atoms with Crippen LogP contribution in [-0.2, 0) is 18.9 Å². The van der Waals surface area contributed by atoms with Crippen molar-refractivity contribution in [3.8, 4) is 0 Å². The summed E-state index contributed by atoms with van der Waals surface area (Å²) >= 11 is 14.6. The minimum atomic E-state index is -0.232. The summed E-state index contributed by atoms with van der Waals surface area (Å²) in [5.41, 5.74) is 8.30. The van der Waals surface area contributed by atoms with Crippen molar-refractivity contribution in [2.45, 2.75) is 24.9 Å². The third-order valence-electron chi connectivity index (χ3n) is 14.7. The quantitative estimate of drug-likeness (QED) is 0.0577. The molecule has 4 atom stereocenters. The van der Waals surface area contributed by atoms with Crippen LogP contribution in [-0.4, -0.2) is 136 Å². The predicted octanol–water partition coefficient (Wildman–Crippen LogP) is 11.3. The molecule has 4 N–H and O–H groups in total. The number of rotatable bonds is 20. The summed E-state index contributed by atoms with van der Waals surface area (Å²) in [6.07, 6.45) is -0.902. The maximum Gasteiger partial charge on any atom is 0.196 e. The zero-order chi connectivity index (χ0) is 52.1. The van der Waals surface area contributed by atoms with E-state index in [1.54, 1.807) is 12.1 Å².